The number of benzene rings is 2. The fraction of sp³-hybridized carbons (Fsp3) is 0.364. The van der Waals surface area contributed by atoms with Gasteiger partial charge in [-0.3, -0.25) is 14.9 Å². The Hall–Kier alpha value is -3.66. The smallest absolute Gasteiger partial charge is 0.337 e. The third-order valence-corrected chi connectivity index (χ3v) is 5.13. The molecular weight excluding hydrogens is 420 g/mol. The number of nitro groups is 1. The minimum absolute atomic E-state index is 0.104. The Labute approximate surface area is 184 Å². The van der Waals surface area contributed by atoms with Crippen molar-refractivity contribution in [2.24, 2.45) is 0 Å². The van der Waals surface area contributed by atoms with Crippen molar-refractivity contribution in [2.75, 3.05) is 27.4 Å². The number of hydrogen-bond donors (Lipinski definition) is 0. The molecule has 0 aliphatic carbocycles. The van der Waals surface area contributed by atoms with Crippen molar-refractivity contribution < 1.29 is 33.5 Å². The predicted octanol–water partition coefficient (Wildman–Crippen LogP) is 2.64. The molecule has 1 fully saturated rings. The van der Waals surface area contributed by atoms with Gasteiger partial charge in [0.15, 0.2) is 6.10 Å². The van der Waals surface area contributed by atoms with Gasteiger partial charge in [0.2, 0.25) is 5.91 Å². The normalized spacial score (nSPS) is 18.2. The Morgan fingerprint density at radius 2 is 1.91 bits per heavy atom. The molecule has 0 spiro atoms. The lowest BCUT2D eigenvalue weighted by Gasteiger charge is -2.40. The molecule has 2 aromatic rings. The van der Waals surface area contributed by atoms with Gasteiger partial charge in [-0.25, -0.2) is 4.79 Å². The Morgan fingerprint density at radius 3 is 2.50 bits per heavy atom. The summed E-state index contributed by atoms with van der Waals surface area (Å²) in [7, 11) is 3.04. The van der Waals surface area contributed by atoms with E-state index in [9.17, 15) is 19.7 Å². The van der Waals surface area contributed by atoms with Crippen LogP contribution in [0.3, 0.4) is 0 Å². The molecule has 2 aromatic carbocycles. The Kier molecular flexibility index (Phi) is 7.26. The van der Waals surface area contributed by atoms with Crippen LogP contribution in [0, 0.1) is 10.1 Å². The molecule has 0 bridgehead atoms. The maximum absolute atomic E-state index is 12.9. The molecule has 1 heterocycles. The Bertz CT molecular complexity index is 992. The quantitative estimate of drug-likeness (QED) is 0.346. The second-order valence-corrected chi connectivity index (χ2v) is 6.98. The molecule has 0 saturated carbocycles. The highest BCUT2D eigenvalue weighted by Gasteiger charge is 2.43. The molecular formula is C22H24N2O8. The summed E-state index contributed by atoms with van der Waals surface area (Å²) < 4.78 is 21.4. The Balaban J connectivity index is 2.02. The third kappa shape index (κ3) is 4.80. The molecule has 0 unspecified atom stereocenters. The fourth-order valence-corrected chi connectivity index (χ4v) is 3.58. The number of nitro benzene ring substituents is 1. The monoisotopic (exact) mass is 444 g/mol. The summed E-state index contributed by atoms with van der Waals surface area (Å²) in [4.78, 5) is 37.5. The first-order chi connectivity index (χ1) is 15.4. The molecule has 10 nitrogen and oxygen atoms in total. The van der Waals surface area contributed by atoms with E-state index in [0.717, 1.165) is 0 Å². The van der Waals surface area contributed by atoms with Gasteiger partial charge in [0.1, 0.15) is 18.1 Å². The number of esters is 1. The summed E-state index contributed by atoms with van der Waals surface area (Å²) in [6, 6.07) is 10.0. The second kappa shape index (κ2) is 10.1. The lowest BCUT2D eigenvalue weighted by molar-refractivity contribution is -0.384. The first-order valence-electron chi connectivity index (χ1n) is 9.92. The van der Waals surface area contributed by atoms with Crippen LogP contribution in [0.25, 0.3) is 0 Å². The van der Waals surface area contributed by atoms with Gasteiger partial charge in [-0.05, 0) is 24.6 Å². The number of nitrogens with zero attached hydrogens (tertiary/aromatic N) is 2. The zero-order chi connectivity index (χ0) is 23.3. The molecule has 1 saturated heterocycles. The molecule has 170 valence electrons. The van der Waals surface area contributed by atoms with E-state index < -0.39 is 23.0 Å². The van der Waals surface area contributed by atoms with E-state index in [4.69, 9.17) is 18.9 Å². The maximum Gasteiger partial charge on any atom is 0.337 e. The number of rotatable bonds is 8. The van der Waals surface area contributed by atoms with Crippen LogP contribution in [0.5, 0.6) is 11.5 Å². The van der Waals surface area contributed by atoms with Crippen LogP contribution in [0.15, 0.2) is 42.5 Å². The molecule has 2 atom stereocenters. The van der Waals surface area contributed by atoms with E-state index in [-0.39, 0.29) is 31.4 Å². The number of methoxy groups -OCH3 is 2. The summed E-state index contributed by atoms with van der Waals surface area (Å²) in [6.07, 6.45) is -1.08. The summed E-state index contributed by atoms with van der Waals surface area (Å²) in [5, 5.41) is 11.0. The van der Waals surface area contributed by atoms with E-state index >= 15 is 0 Å². The number of amides is 1. The van der Waals surface area contributed by atoms with Crippen molar-refractivity contribution in [3.8, 4) is 11.5 Å². The van der Waals surface area contributed by atoms with E-state index in [0.29, 0.717) is 22.6 Å². The van der Waals surface area contributed by atoms with Crippen molar-refractivity contribution in [3.05, 3.63) is 63.7 Å². The predicted molar refractivity (Wildman–Crippen MR) is 112 cm³/mol. The van der Waals surface area contributed by atoms with Crippen LogP contribution >= 0.6 is 0 Å². The highest BCUT2D eigenvalue weighted by Crippen LogP contribution is 2.35. The second-order valence-electron chi connectivity index (χ2n) is 6.98. The first kappa shape index (κ1) is 23.0. The van der Waals surface area contributed by atoms with Gasteiger partial charge in [-0.15, -0.1) is 0 Å². The average Bonchev–Trinajstić information content (AvgIpc) is 2.80. The molecule has 32 heavy (non-hydrogen) atoms. The molecule has 0 aromatic heterocycles. The molecule has 1 amide bonds. The van der Waals surface area contributed by atoms with Crippen LogP contribution in [-0.4, -0.2) is 55.2 Å². The SMILES string of the molecule is CCOC(=O)[C@H]1OCC(=O)N(Cc2ccc(OC)cc2OC)[C@H]1c1ccc([N+](=O)[O-])cc1. The van der Waals surface area contributed by atoms with Gasteiger partial charge in [0.25, 0.3) is 5.69 Å². The number of non-ortho nitro benzene ring substituents is 1. The van der Waals surface area contributed by atoms with Gasteiger partial charge in [-0.2, -0.15) is 0 Å². The van der Waals surface area contributed by atoms with Crippen molar-refractivity contribution in [1.29, 1.82) is 0 Å². The summed E-state index contributed by atoms with van der Waals surface area (Å²) in [5.41, 5.74) is 1.10. The minimum atomic E-state index is -1.08. The van der Waals surface area contributed by atoms with Gasteiger partial charge in [-0.1, -0.05) is 12.1 Å². The van der Waals surface area contributed by atoms with Crippen LogP contribution < -0.4 is 9.47 Å². The number of carbonyl (C=O) groups is 2. The number of ether oxygens (including phenoxy) is 4. The molecule has 3 rings (SSSR count). The van der Waals surface area contributed by atoms with Crippen molar-refractivity contribution in [3.63, 3.8) is 0 Å². The maximum atomic E-state index is 12.9. The fourth-order valence-electron chi connectivity index (χ4n) is 3.58. The Morgan fingerprint density at radius 1 is 1.19 bits per heavy atom. The highest BCUT2D eigenvalue weighted by molar-refractivity contribution is 5.83. The standard InChI is InChI=1S/C22H24N2O8/c1-4-31-22(26)21-20(14-5-8-16(9-6-14)24(27)28)23(19(25)13-32-21)12-15-7-10-17(29-2)11-18(15)30-3/h5-11,20-21H,4,12-13H2,1-3H3/t20-,21-/m0/s1. The number of hydrogen-bond acceptors (Lipinski definition) is 8. The average molecular weight is 444 g/mol. The zero-order valence-corrected chi connectivity index (χ0v) is 18.0. The van der Waals surface area contributed by atoms with Gasteiger partial charge in [0, 0.05) is 23.8 Å². The number of morpholine rings is 1. The van der Waals surface area contributed by atoms with E-state index in [1.165, 1.54) is 43.4 Å². The van der Waals surface area contributed by atoms with Crippen LogP contribution in [-0.2, 0) is 25.6 Å². The zero-order valence-electron chi connectivity index (χ0n) is 18.0. The van der Waals surface area contributed by atoms with Crippen molar-refractivity contribution >= 4 is 17.6 Å². The van der Waals surface area contributed by atoms with Gasteiger partial charge < -0.3 is 23.8 Å². The largest absolute Gasteiger partial charge is 0.497 e. The van der Waals surface area contributed by atoms with Crippen LogP contribution in [0.4, 0.5) is 5.69 Å². The summed E-state index contributed by atoms with van der Waals surface area (Å²) >= 11 is 0. The molecule has 10 heteroatoms. The third-order valence-electron chi connectivity index (χ3n) is 5.13. The molecule has 1 aliphatic rings. The van der Waals surface area contributed by atoms with Gasteiger partial charge in [0.05, 0.1) is 38.3 Å². The first-order valence-corrected chi connectivity index (χ1v) is 9.92. The van der Waals surface area contributed by atoms with Gasteiger partial charge >= 0.3 is 5.97 Å². The minimum Gasteiger partial charge on any atom is -0.497 e. The molecule has 0 radical (unpaired) electrons. The number of carbonyl (C=O) groups excluding carboxylic acids is 2. The lowest BCUT2D eigenvalue weighted by atomic mass is 9.96. The van der Waals surface area contributed by atoms with Crippen LogP contribution in [0.2, 0.25) is 0 Å². The van der Waals surface area contributed by atoms with E-state index in [2.05, 4.69) is 0 Å². The molecule has 1 aliphatic heterocycles. The highest BCUT2D eigenvalue weighted by atomic mass is 16.6. The van der Waals surface area contributed by atoms with Crippen molar-refractivity contribution in [2.45, 2.75) is 25.6 Å². The van der Waals surface area contributed by atoms with Crippen molar-refractivity contribution in [1.82, 2.24) is 4.90 Å². The molecule has 0 N–H and O–H groups in total. The van der Waals surface area contributed by atoms with Crippen LogP contribution in [0.1, 0.15) is 24.1 Å². The van der Waals surface area contributed by atoms with E-state index in [1.54, 1.807) is 25.1 Å². The summed E-state index contributed by atoms with van der Waals surface area (Å²) in [6.45, 7) is 1.64. The topological polar surface area (TPSA) is 117 Å². The lowest BCUT2D eigenvalue weighted by Crippen LogP contribution is -2.51. The summed E-state index contributed by atoms with van der Waals surface area (Å²) in [5.74, 6) is 0.149. The van der Waals surface area contributed by atoms with E-state index in [1.807, 2.05) is 0 Å².